The number of unbranched alkanes of at least 4 members (excludes halogenated alkanes) is 4. The zero-order valence-corrected chi connectivity index (χ0v) is 15.9. The molecule has 0 heterocycles. The van der Waals surface area contributed by atoms with Gasteiger partial charge in [0.25, 0.3) is 0 Å². The molecular formula is C21H28ClNO2. The van der Waals surface area contributed by atoms with Gasteiger partial charge in [0.05, 0.1) is 11.5 Å². The summed E-state index contributed by atoms with van der Waals surface area (Å²) in [5, 5.41) is 9.61. The van der Waals surface area contributed by atoms with E-state index >= 15 is 0 Å². The first-order chi connectivity index (χ1) is 12.1. The molecule has 0 radical (unpaired) electrons. The summed E-state index contributed by atoms with van der Waals surface area (Å²) in [5.41, 5.74) is 0.307. The monoisotopic (exact) mass is 361 g/mol. The maximum absolute atomic E-state index is 12.4. The van der Waals surface area contributed by atoms with E-state index in [2.05, 4.69) is 6.92 Å². The normalized spacial score (nSPS) is 20.0. The molecule has 1 aliphatic carbocycles. The van der Waals surface area contributed by atoms with Crippen molar-refractivity contribution in [3.8, 4) is 11.8 Å². The van der Waals surface area contributed by atoms with Crippen LogP contribution in [0.3, 0.4) is 0 Å². The molecule has 2 rings (SSSR count). The van der Waals surface area contributed by atoms with Crippen molar-refractivity contribution in [1.29, 1.82) is 5.26 Å². The van der Waals surface area contributed by atoms with Crippen LogP contribution in [-0.2, 0) is 4.79 Å². The lowest BCUT2D eigenvalue weighted by Crippen LogP contribution is -2.26. The molecule has 1 aliphatic rings. The van der Waals surface area contributed by atoms with Crippen molar-refractivity contribution in [2.45, 2.75) is 71.1 Å². The Morgan fingerprint density at radius 2 is 1.92 bits per heavy atom. The van der Waals surface area contributed by atoms with Gasteiger partial charge in [-0.2, -0.15) is 5.26 Å². The Kier molecular flexibility index (Phi) is 8.28. The van der Waals surface area contributed by atoms with Crippen molar-refractivity contribution in [2.24, 2.45) is 11.8 Å². The first kappa shape index (κ1) is 19.8. The number of nitriles is 1. The Bertz CT molecular complexity index is 600. The maximum Gasteiger partial charge on any atom is 0.314 e. The van der Waals surface area contributed by atoms with Gasteiger partial charge < -0.3 is 4.74 Å². The minimum absolute atomic E-state index is 0.0430. The number of hydrogen-bond acceptors (Lipinski definition) is 3. The van der Waals surface area contributed by atoms with Crippen LogP contribution in [0.5, 0.6) is 5.75 Å². The van der Waals surface area contributed by atoms with Gasteiger partial charge in [-0.15, -0.1) is 0 Å². The molecule has 0 atom stereocenters. The molecule has 0 aliphatic heterocycles. The Morgan fingerprint density at radius 1 is 1.20 bits per heavy atom. The lowest BCUT2D eigenvalue weighted by atomic mass is 9.80. The second kappa shape index (κ2) is 10.5. The number of halogens is 1. The average Bonchev–Trinajstić information content (AvgIpc) is 2.63. The van der Waals surface area contributed by atoms with Crippen LogP contribution >= 0.6 is 11.6 Å². The van der Waals surface area contributed by atoms with Crippen LogP contribution in [0.15, 0.2) is 18.2 Å². The zero-order chi connectivity index (χ0) is 18.1. The fourth-order valence-corrected chi connectivity index (χ4v) is 3.77. The summed E-state index contributed by atoms with van der Waals surface area (Å²) in [5.74, 6) is 0.824. The summed E-state index contributed by atoms with van der Waals surface area (Å²) < 4.78 is 5.47. The Morgan fingerprint density at radius 3 is 2.60 bits per heavy atom. The molecule has 0 saturated heterocycles. The molecule has 25 heavy (non-hydrogen) atoms. The predicted octanol–water partition coefficient (Wildman–Crippen LogP) is 6.28. The van der Waals surface area contributed by atoms with E-state index in [0.717, 1.165) is 31.6 Å². The van der Waals surface area contributed by atoms with Crippen molar-refractivity contribution in [3.63, 3.8) is 0 Å². The third-order valence-corrected chi connectivity index (χ3v) is 5.40. The van der Waals surface area contributed by atoms with Crippen LogP contribution in [0.2, 0.25) is 5.02 Å². The number of carbonyl (C=O) groups is 1. The molecule has 0 spiro atoms. The number of hydrogen-bond donors (Lipinski definition) is 0. The van der Waals surface area contributed by atoms with Crippen molar-refractivity contribution < 1.29 is 9.53 Å². The highest BCUT2D eigenvalue weighted by Gasteiger charge is 2.28. The van der Waals surface area contributed by atoms with E-state index in [1.54, 1.807) is 12.1 Å². The van der Waals surface area contributed by atoms with Crippen molar-refractivity contribution in [1.82, 2.24) is 0 Å². The van der Waals surface area contributed by atoms with Gasteiger partial charge in [0.2, 0.25) is 0 Å². The lowest BCUT2D eigenvalue weighted by molar-refractivity contribution is -0.140. The summed E-state index contributed by atoms with van der Waals surface area (Å²) in [6.45, 7) is 2.24. The SMILES string of the molecule is CCCCCCC[C@H]1CC[C@H](C(=O)Oc2ccc(Cl)cc2C#N)CC1. The highest BCUT2D eigenvalue weighted by atomic mass is 35.5. The molecule has 0 N–H and O–H groups in total. The van der Waals surface area contributed by atoms with Crippen LogP contribution in [0.25, 0.3) is 0 Å². The topological polar surface area (TPSA) is 50.1 Å². The van der Waals surface area contributed by atoms with Crippen LogP contribution in [0.1, 0.15) is 76.7 Å². The lowest BCUT2D eigenvalue weighted by Gasteiger charge is -2.27. The van der Waals surface area contributed by atoms with E-state index in [1.807, 2.05) is 6.07 Å². The summed E-state index contributed by atoms with van der Waals surface area (Å²) >= 11 is 5.87. The molecule has 1 aromatic carbocycles. The van der Waals surface area contributed by atoms with Crippen molar-refractivity contribution >= 4 is 17.6 Å². The fraction of sp³-hybridized carbons (Fsp3) is 0.619. The molecule has 136 valence electrons. The maximum atomic E-state index is 12.4. The molecule has 0 amide bonds. The smallest absolute Gasteiger partial charge is 0.314 e. The number of nitrogens with zero attached hydrogens (tertiary/aromatic N) is 1. The predicted molar refractivity (Wildman–Crippen MR) is 101 cm³/mol. The number of benzene rings is 1. The Balaban J connectivity index is 1.75. The van der Waals surface area contributed by atoms with Gasteiger partial charge in [-0.25, -0.2) is 0 Å². The van der Waals surface area contributed by atoms with Crippen LogP contribution in [-0.4, -0.2) is 5.97 Å². The third-order valence-electron chi connectivity index (χ3n) is 5.17. The van der Waals surface area contributed by atoms with Gasteiger partial charge in [0.1, 0.15) is 11.8 Å². The number of rotatable bonds is 8. The van der Waals surface area contributed by atoms with E-state index in [1.165, 1.54) is 44.6 Å². The standard InChI is InChI=1S/C21H28ClNO2/c1-2-3-4-5-6-7-16-8-10-17(11-9-16)21(24)25-20-13-12-19(22)14-18(20)15-23/h12-14,16-17H,2-11H2,1H3/t16-,17-. The third kappa shape index (κ3) is 6.36. The minimum Gasteiger partial charge on any atom is -0.425 e. The average molecular weight is 362 g/mol. The first-order valence-corrected chi connectivity index (χ1v) is 9.93. The number of carbonyl (C=O) groups excluding carboxylic acids is 1. The number of ether oxygens (including phenoxy) is 1. The molecular weight excluding hydrogens is 334 g/mol. The molecule has 1 saturated carbocycles. The quantitative estimate of drug-likeness (QED) is 0.311. The second-order valence-electron chi connectivity index (χ2n) is 7.09. The summed E-state index contributed by atoms with van der Waals surface area (Å²) in [7, 11) is 0. The molecule has 1 aromatic rings. The summed E-state index contributed by atoms with van der Waals surface area (Å²) in [6.07, 6.45) is 11.9. The fourth-order valence-electron chi connectivity index (χ4n) is 3.59. The first-order valence-electron chi connectivity index (χ1n) is 9.55. The Hall–Kier alpha value is -1.53. The number of esters is 1. The summed E-state index contributed by atoms with van der Waals surface area (Å²) in [6, 6.07) is 6.79. The molecule has 1 fully saturated rings. The van der Waals surface area contributed by atoms with Gasteiger partial charge in [-0.05, 0) is 49.8 Å². The van der Waals surface area contributed by atoms with Gasteiger partial charge in [-0.3, -0.25) is 4.79 Å². The Labute approximate surface area is 156 Å². The zero-order valence-electron chi connectivity index (χ0n) is 15.1. The second-order valence-corrected chi connectivity index (χ2v) is 7.53. The van der Waals surface area contributed by atoms with Gasteiger partial charge in [-0.1, -0.05) is 57.0 Å². The van der Waals surface area contributed by atoms with Crippen molar-refractivity contribution in [2.75, 3.05) is 0 Å². The van der Waals surface area contributed by atoms with E-state index < -0.39 is 0 Å². The highest BCUT2D eigenvalue weighted by molar-refractivity contribution is 6.30. The molecule has 0 aromatic heterocycles. The highest BCUT2D eigenvalue weighted by Crippen LogP contribution is 2.33. The minimum atomic E-state index is -0.208. The van der Waals surface area contributed by atoms with E-state index in [0.29, 0.717) is 16.3 Å². The van der Waals surface area contributed by atoms with Crippen LogP contribution < -0.4 is 4.74 Å². The molecule has 4 heteroatoms. The molecule has 0 bridgehead atoms. The van der Waals surface area contributed by atoms with E-state index in [9.17, 15) is 4.79 Å². The van der Waals surface area contributed by atoms with E-state index in [-0.39, 0.29) is 11.9 Å². The summed E-state index contributed by atoms with van der Waals surface area (Å²) in [4.78, 5) is 12.4. The van der Waals surface area contributed by atoms with Crippen LogP contribution in [0.4, 0.5) is 0 Å². The van der Waals surface area contributed by atoms with Crippen LogP contribution in [0, 0.1) is 23.2 Å². The van der Waals surface area contributed by atoms with E-state index in [4.69, 9.17) is 21.6 Å². The largest absolute Gasteiger partial charge is 0.425 e. The van der Waals surface area contributed by atoms with Gasteiger partial charge in [0, 0.05) is 5.02 Å². The van der Waals surface area contributed by atoms with Gasteiger partial charge >= 0.3 is 5.97 Å². The molecule has 0 unspecified atom stereocenters. The molecule has 3 nitrogen and oxygen atoms in total. The van der Waals surface area contributed by atoms with Crippen molar-refractivity contribution in [3.05, 3.63) is 28.8 Å². The van der Waals surface area contributed by atoms with Gasteiger partial charge in [0.15, 0.2) is 0 Å².